The van der Waals surface area contributed by atoms with E-state index in [1.165, 1.54) is 0 Å². The number of urea groups is 1. The van der Waals surface area contributed by atoms with Crippen LogP contribution in [-0.2, 0) is 16.0 Å². The number of carboxylic acids is 2. The van der Waals surface area contributed by atoms with Gasteiger partial charge < -0.3 is 20.4 Å². The van der Waals surface area contributed by atoms with Crippen LogP contribution in [0, 0.1) is 0 Å². The maximum Gasteiger partial charge on any atom is 0.323 e. The van der Waals surface area contributed by atoms with E-state index in [2.05, 4.69) is 21.2 Å². The zero-order valence-corrected chi connectivity index (χ0v) is 12.9. The van der Waals surface area contributed by atoms with Crippen molar-refractivity contribution in [3.63, 3.8) is 0 Å². The molecule has 1 aromatic carbocycles. The Morgan fingerprint density at radius 2 is 1.76 bits per heavy atom. The number of aliphatic carboxylic acids is 2. The summed E-state index contributed by atoms with van der Waals surface area (Å²) in [6.07, 6.45) is 0.660. The third-order valence-corrected chi connectivity index (χ3v) is 3.12. The lowest BCUT2D eigenvalue weighted by Gasteiger charge is -2.20. The smallest absolute Gasteiger partial charge is 0.323 e. The summed E-state index contributed by atoms with van der Waals surface area (Å²) in [6.45, 7) is 0.538. The fraction of sp³-hybridized carbons (Fsp3) is 0.308. The Morgan fingerprint density at radius 1 is 1.19 bits per heavy atom. The standard InChI is InChI=1S/C13H15BrN2O5/c1-2-8-5-9(14)3-4-10(8)15-13(21)16(6-11(17)18)7-12(19)20/h3-5H,2,6-7H2,1H3,(H,15,21)(H,17,18)(H,19,20). The molecule has 1 rings (SSSR count). The van der Waals surface area contributed by atoms with Crippen molar-refractivity contribution >= 4 is 39.6 Å². The highest BCUT2D eigenvalue weighted by Gasteiger charge is 2.20. The fourth-order valence-corrected chi connectivity index (χ4v) is 2.11. The monoisotopic (exact) mass is 358 g/mol. The van der Waals surface area contributed by atoms with Gasteiger partial charge in [0.25, 0.3) is 0 Å². The highest BCUT2D eigenvalue weighted by Crippen LogP contribution is 2.21. The van der Waals surface area contributed by atoms with E-state index in [-0.39, 0.29) is 0 Å². The van der Waals surface area contributed by atoms with Gasteiger partial charge in [-0.2, -0.15) is 0 Å². The van der Waals surface area contributed by atoms with Gasteiger partial charge in [-0.15, -0.1) is 0 Å². The van der Waals surface area contributed by atoms with Crippen LogP contribution in [0.15, 0.2) is 22.7 Å². The number of carbonyl (C=O) groups is 3. The molecule has 3 N–H and O–H groups in total. The predicted molar refractivity (Wildman–Crippen MR) is 79.4 cm³/mol. The number of benzene rings is 1. The van der Waals surface area contributed by atoms with Gasteiger partial charge in [0, 0.05) is 10.2 Å². The third-order valence-electron chi connectivity index (χ3n) is 2.63. The first-order chi connectivity index (χ1) is 9.83. The number of halogens is 1. The van der Waals surface area contributed by atoms with Crippen molar-refractivity contribution in [2.75, 3.05) is 18.4 Å². The lowest BCUT2D eigenvalue weighted by Crippen LogP contribution is -2.42. The first-order valence-electron chi connectivity index (χ1n) is 6.11. The van der Waals surface area contributed by atoms with E-state index >= 15 is 0 Å². The van der Waals surface area contributed by atoms with Gasteiger partial charge in [0.05, 0.1) is 0 Å². The largest absolute Gasteiger partial charge is 0.480 e. The van der Waals surface area contributed by atoms with Crippen molar-refractivity contribution in [2.45, 2.75) is 13.3 Å². The molecule has 0 radical (unpaired) electrons. The highest BCUT2D eigenvalue weighted by atomic mass is 79.9. The van der Waals surface area contributed by atoms with Crippen LogP contribution < -0.4 is 5.32 Å². The number of anilines is 1. The Labute approximate surface area is 129 Å². The van der Waals surface area contributed by atoms with E-state index in [0.29, 0.717) is 17.0 Å². The van der Waals surface area contributed by atoms with Gasteiger partial charge in [-0.3, -0.25) is 9.59 Å². The number of hydrogen-bond acceptors (Lipinski definition) is 3. The lowest BCUT2D eigenvalue weighted by molar-refractivity contribution is -0.140. The number of nitrogens with zero attached hydrogens (tertiary/aromatic N) is 1. The van der Waals surface area contributed by atoms with Gasteiger partial charge in [-0.25, -0.2) is 4.79 Å². The molecule has 1 aromatic rings. The summed E-state index contributed by atoms with van der Waals surface area (Å²) < 4.78 is 0.852. The van der Waals surface area contributed by atoms with Crippen molar-refractivity contribution < 1.29 is 24.6 Å². The average Bonchev–Trinajstić information content (AvgIpc) is 2.38. The zero-order valence-electron chi connectivity index (χ0n) is 11.3. The number of carboxylic acid groups (broad SMARTS) is 2. The first kappa shape index (κ1) is 17.0. The maximum atomic E-state index is 12.0. The Kier molecular flexibility index (Phi) is 6.16. The van der Waals surface area contributed by atoms with Gasteiger partial charge in [0.1, 0.15) is 13.1 Å². The van der Waals surface area contributed by atoms with Gasteiger partial charge in [-0.05, 0) is 30.2 Å². The summed E-state index contributed by atoms with van der Waals surface area (Å²) in [5.74, 6) is -2.56. The normalized spacial score (nSPS) is 10.0. The summed E-state index contributed by atoms with van der Waals surface area (Å²) in [4.78, 5) is 34.1. The molecule has 0 aliphatic rings. The average molecular weight is 359 g/mol. The molecule has 0 aromatic heterocycles. The van der Waals surface area contributed by atoms with Crippen LogP contribution in [0.1, 0.15) is 12.5 Å². The summed E-state index contributed by atoms with van der Waals surface area (Å²) in [5, 5.41) is 20.0. The van der Waals surface area contributed by atoms with Crippen molar-refractivity contribution in [2.24, 2.45) is 0 Å². The van der Waals surface area contributed by atoms with E-state index in [1.807, 2.05) is 13.0 Å². The molecule has 0 saturated carbocycles. The molecule has 8 heteroatoms. The third kappa shape index (κ3) is 5.42. The molecule has 0 unspecified atom stereocenters. The second kappa shape index (κ2) is 7.63. The van der Waals surface area contributed by atoms with E-state index in [4.69, 9.17) is 10.2 Å². The molecule has 2 amide bonds. The summed E-state index contributed by atoms with van der Waals surface area (Å²) in [5.41, 5.74) is 1.37. The van der Waals surface area contributed by atoms with Crippen LogP contribution >= 0.6 is 15.9 Å². The molecule has 0 heterocycles. The van der Waals surface area contributed by atoms with Crippen molar-refractivity contribution in [3.05, 3.63) is 28.2 Å². The van der Waals surface area contributed by atoms with Crippen molar-refractivity contribution in [1.29, 1.82) is 0 Å². The van der Waals surface area contributed by atoms with Crippen LogP contribution in [0.5, 0.6) is 0 Å². The summed E-state index contributed by atoms with van der Waals surface area (Å²) in [7, 11) is 0. The zero-order chi connectivity index (χ0) is 16.0. The first-order valence-corrected chi connectivity index (χ1v) is 6.90. The fourth-order valence-electron chi connectivity index (χ4n) is 1.70. The van der Waals surface area contributed by atoms with Crippen LogP contribution in [0.25, 0.3) is 0 Å². The number of aryl methyl sites for hydroxylation is 1. The minimum atomic E-state index is -1.28. The van der Waals surface area contributed by atoms with Gasteiger partial charge in [0.2, 0.25) is 0 Å². The molecule has 0 bridgehead atoms. The Balaban J connectivity index is 2.90. The number of rotatable bonds is 6. The molecule has 0 atom stereocenters. The molecule has 0 aliphatic heterocycles. The van der Waals surface area contributed by atoms with Gasteiger partial charge in [-0.1, -0.05) is 22.9 Å². The molecule has 0 saturated heterocycles. The van der Waals surface area contributed by atoms with E-state index in [0.717, 1.165) is 10.0 Å². The summed E-state index contributed by atoms with van der Waals surface area (Å²) >= 11 is 3.32. The lowest BCUT2D eigenvalue weighted by atomic mass is 10.1. The second-order valence-corrected chi connectivity index (χ2v) is 5.14. The second-order valence-electron chi connectivity index (χ2n) is 4.23. The van der Waals surface area contributed by atoms with Crippen LogP contribution in [0.2, 0.25) is 0 Å². The Hall–Kier alpha value is -2.09. The van der Waals surface area contributed by atoms with E-state index in [1.54, 1.807) is 12.1 Å². The topological polar surface area (TPSA) is 107 Å². The molecule has 0 fully saturated rings. The highest BCUT2D eigenvalue weighted by molar-refractivity contribution is 9.10. The molecular weight excluding hydrogens is 344 g/mol. The van der Waals surface area contributed by atoms with Crippen molar-refractivity contribution in [1.82, 2.24) is 4.90 Å². The summed E-state index contributed by atoms with van der Waals surface area (Å²) in [6, 6.07) is 4.46. The molecule has 0 aliphatic carbocycles. The Bertz CT molecular complexity index is 545. The molecule has 21 heavy (non-hydrogen) atoms. The number of carbonyl (C=O) groups excluding carboxylic acids is 1. The quantitative estimate of drug-likeness (QED) is 0.720. The predicted octanol–water partition coefficient (Wildman–Crippen LogP) is 2.01. The molecule has 0 spiro atoms. The van der Waals surface area contributed by atoms with Crippen LogP contribution in [0.3, 0.4) is 0 Å². The van der Waals surface area contributed by atoms with Crippen LogP contribution in [0.4, 0.5) is 10.5 Å². The van der Waals surface area contributed by atoms with E-state index in [9.17, 15) is 14.4 Å². The van der Waals surface area contributed by atoms with E-state index < -0.39 is 31.1 Å². The van der Waals surface area contributed by atoms with Gasteiger partial charge >= 0.3 is 18.0 Å². The van der Waals surface area contributed by atoms with Gasteiger partial charge in [0.15, 0.2) is 0 Å². The molecular formula is C13H15BrN2O5. The molecule has 114 valence electrons. The minimum Gasteiger partial charge on any atom is -0.480 e. The van der Waals surface area contributed by atoms with Crippen LogP contribution in [-0.4, -0.2) is 46.2 Å². The minimum absolute atomic E-state index is 0.520. The number of nitrogens with one attached hydrogen (secondary N) is 1. The Morgan fingerprint density at radius 3 is 2.24 bits per heavy atom. The number of amides is 2. The molecule has 7 nitrogen and oxygen atoms in total. The number of hydrogen-bond donors (Lipinski definition) is 3. The maximum absolute atomic E-state index is 12.0. The van der Waals surface area contributed by atoms with Crippen molar-refractivity contribution in [3.8, 4) is 0 Å². The SMILES string of the molecule is CCc1cc(Br)ccc1NC(=O)N(CC(=O)O)CC(=O)O.